The predicted octanol–water partition coefficient (Wildman–Crippen LogP) is 1.74. The molecular formula is C17H29N3O3. The molecule has 3 fully saturated rings. The molecule has 3 amide bonds. The van der Waals surface area contributed by atoms with Gasteiger partial charge in [-0.3, -0.25) is 4.79 Å². The third-order valence-corrected chi connectivity index (χ3v) is 5.27. The van der Waals surface area contributed by atoms with Gasteiger partial charge >= 0.3 is 6.03 Å². The van der Waals surface area contributed by atoms with Crippen LogP contribution in [0.3, 0.4) is 0 Å². The van der Waals surface area contributed by atoms with E-state index in [1.165, 1.54) is 25.7 Å². The topological polar surface area (TPSA) is 61.9 Å². The summed E-state index contributed by atoms with van der Waals surface area (Å²) >= 11 is 0. The van der Waals surface area contributed by atoms with Gasteiger partial charge in [0.05, 0.1) is 0 Å². The maximum Gasteiger partial charge on any atom is 0.317 e. The summed E-state index contributed by atoms with van der Waals surface area (Å²) in [5.74, 6) is 0.103. The van der Waals surface area contributed by atoms with Gasteiger partial charge in [0.1, 0.15) is 6.10 Å². The standard InChI is InChI=1S/C17H29N3O3/c21-16(15-8-5-13-23-15)19-9-11-20(12-10-19)17(22)18-14-6-3-1-2-4-7-14/h14-15H,1-13H2,(H,18,22)/t15-/m1/s1. The molecule has 0 unspecified atom stereocenters. The van der Waals surface area contributed by atoms with Gasteiger partial charge in [-0.15, -0.1) is 0 Å². The zero-order chi connectivity index (χ0) is 16.1. The molecule has 0 spiro atoms. The maximum absolute atomic E-state index is 12.4. The van der Waals surface area contributed by atoms with Crippen LogP contribution in [0.25, 0.3) is 0 Å². The van der Waals surface area contributed by atoms with E-state index in [1.54, 1.807) is 0 Å². The molecule has 1 N–H and O–H groups in total. The average Bonchev–Trinajstić information content (AvgIpc) is 3.00. The highest BCUT2D eigenvalue weighted by atomic mass is 16.5. The van der Waals surface area contributed by atoms with Gasteiger partial charge < -0.3 is 19.9 Å². The Labute approximate surface area is 138 Å². The fraction of sp³-hybridized carbons (Fsp3) is 0.882. The van der Waals surface area contributed by atoms with E-state index in [4.69, 9.17) is 4.74 Å². The fourth-order valence-corrected chi connectivity index (χ4v) is 3.80. The largest absolute Gasteiger partial charge is 0.368 e. The van der Waals surface area contributed by atoms with Gasteiger partial charge in [0.25, 0.3) is 5.91 Å². The van der Waals surface area contributed by atoms with Crippen molar-refractivity contribution in [1.29, 1.82) is 0 Å². The van der Waals surface area contributed by atoms with Gasteiger partial charge in [0, 0.05) is 38.8 Å². The molecule has 3 aliphatic rings. The summed E-state index contributed by atoms with van der Waals surface area (Å²) in [4.78, 5) is 28.4. The van der Waals surface area contributed by atoms with Gasteiger partial charge in [-0.25, -0.2) is 4.79 Å². The lowest BCUT2D eigenvalue weighted by Crippen LogP contribution is -2.55. The highest BCUT2D eigenvalue weighted by Crippen LogP contribution is 2.18. The van der Waals surface area contributed by atoms with Crippen molar-refractivity contribution in [2.45, 2.75) is 63.5 Å². The first-order valence-electron chi connectivity index (χ1n) is 9.20. The lowest BCUT2D eigenvalue weighted by atomic mass is 10.1. The minimum Gasteiger partial charge on any atom is -0.368 e. The molecule has 0 aromatic heterocycles. The Morgan fingerprint density at radius 2 is 1.48 bits per heavy atom. The third kappa shape index (κ3) is 4.37. The van der Waals surface area contributed by atoms with E-state index in [0.29, 0.717) is 38.8 Å². The minimum atomic E-state index is -0.249. The van der Waals surface area contributed by atoms with Crippen molar-refractivity contribution in [1.82, 2.24) is 15.1 Å². The third-order valence-electron chi connectivity index (χ3n) is 5.27. The Bertz CT molecular complexity index is 407. The monoisotopic (exact) mass is 323 g/mol. The van der Waals surface area contributed by atoms with Crippen molar-refractivity contribution in [3.63, 3.8) is 0 Å². The molecule has 2 aliphatic heterocycles. The van der Waals surface area contributed by atoms with Gasteiger partial charge in [0.15, 0.2) is 0 Å². The molecule has 0 radical (unpaired) electrons. The fourth-order valence-electron chi connectivity index (χ4n) is 3.80. The molecule has 1 atom stereocenters. The summed E-state index contributed by atoms with van der Waals surface area (Å²) in [6, 6.07) is 0.373. The lowest BCUT2D eigenvalue weighted by Gasteiger charge is -2.36. The molecule has 6 heteroatoms. The highest BCUT2D eigenvalue weighted by Gasteiger charge is 2.31. The molecule has 2 heterocycles. The Kier molecular flexibility index (Phi) is 5.75. The van der Waals surface area contributed by atoms with Crippen molar-refractivity contribution in [2.75, 3.05) is 32.8 Å². The van der Waals surface area contributed by atoms with E-state index < -0.39 is 0 Å². The van der Waals surface area contributed by atoms with E-state index in [9.17, 15) is 9.59 Å². The Morgan fingerprint density at radius 1 is 0.826 bits per heavy atom. The SMILES string of the molecule is O=C(NC1CCCCCC1)N1CCN(C(=O)[C@H]2CCCO2)CC1. The van der Waals surface area contributed by atoms with Gasteiger partial charge in [-0.2, -0.15) is 0 Å². The molecule has 1 saturated carbocycles. The summed E-state index contributed by atoms with van der Waals surface area (Å²) < 4.78 is 5.47. The van der Waals surface area contributed by atoms with Crippen LogP contribution in [0.15, 0.2) is 0 Å². The molecule has 23 heavy (non-hydrogen) atoms. The molecule has 2 saturated heterocycles. The number of rotatable bonds is 2. The summed E-state index contributed by atoms with van der Waals surface area (Å²) in [7, 11) is 0. The lowest BCUT2D eigenvalue weighted by molar-refractivity contribution is -0.142. The van der Waals surface area contributed by atoms with Crippen LogP contribution in [-0.2, 0) is 9.53 Å². The van der Waals surface area contributed by atoms with E-state index in [2.05, 4.69) is 5.32 Å². The average molecular weight is 323 g/mol. The van der Waals surface area contributed by atoms with Crippen LogP contribution in [0.1, 0.15) is 51.4 Å². The van der Waals surface area contributed by atoms with Crippen LogP contribution in [0.4, 0.5) is 4.79 Å². The van der Waals surface area contributed by atoms with E-state index in [-0.39, 0.29) is 18.0 Å². The second kappa shape index (κ2) is 7.99. The number of amides is 3. The second-order valence-electron chi connectivity index (χ2n) is 6.95. The van der Waals surface area contributed by atoms with Crippen LogP contribution in [0.5, 0.6) is 0 Å². The van der Waals surface area contributed by atoms with Gasteiger partial charge in [-0.05, 0) is 25.7 Å². The first kappa shape index (κ1) is 16.6. The zero-order valence-corrected chi connectivity index (χ0v) is 14.0. The molecule has 6 nitrogen and oxygen atoms in total. The number of urea groups is 1. The van der Waals surface area contributed by atoms with Crippen LogP contribution < -0.4 is 5.32 Å². The molecule has 3 rings (SSSR count). The van der Waals surface area contributed by atoms with Crippen LogP contribution in [0, 0.1) is 0 Å². The molecule has 0 aromatic rings. The normalized spacial score (nSPS) is 26.9. The number of nitrogens with one attached hydrogen (secondary N) is 1. The first-order chi connectivity index (χ1) is 11.2. The molecule has 0 aromatic carbocycles. The van der Waals surface area contributed by atoms with Gasteiger partial charge in [0.2, 0.25) is 0 Å². The molecule has 1 aliphatic carbocycles. The number of hydrogen-bond acceptors (Lipinski definition) is 3. The predicted molar refractivity (Wildman–Crippen MR) is 87.1 cm³/mol. The zero-order valence-electron chi connectivity index (χ0n) is 14.0. The second-order valence-corrected chi connectivity index (χ2v) is 6.95. The van der Waals surface area contributed by atoms with Crippen molar-refractivity contribution in [3.05, 3.63) is 0 Å². The van der Waals surface area contributed by atoms with Gasteiger partial charge in [-0.1, -0.05) is 25.7 Å². The highest BCUT2D eigenvalue weighted by molar-refractivity contribution is 5.81. The number of carbonyl (C=O) groups excluding carboxylic acids is 2. The number of ether oxygens (including phenoxy) is 1. The number of carbonyl (C=O) groups is 2. The number of nitrogens with zero attached hydrogens (tertiary/aromatic N) is 2. The summed E-state index contributed by atoms with van der Waals surface area (Å²) in [5.41, 5.74) is 0. The summed E-state index contributed by atoms with van der Waals surface area (Å²) in [5, 5.41) is 3.19. The van der Waals surface area contributed by atoms with Crippen LogP contribution >= 0.6 is 0 Å². The number of hydrogen-bond donors (Lipinski definition) is 1. The Balaban J connectivity index is 1.42. The van der Waals surface area contributed by atoms with Crippen molar-refractivity contribution < 1.29 is 14.3 Å². The minimum absolute atomic E-state index is 0.0427. The number of piperazine rings is 1. The Morgan fingerprint density at radius 3 is 2.09 bits per heavy atom. The molecule has 0 bridgehead atoms. The maximum atomic E-state index is 12.4. The first-order valence-corrected chi connectivity index (χ1v) is 9.20. The van der Waals surface area contributed by atoms with E-state index >= 15 is 0 Å². The van der Waals surface area contributed by atoms with E-state index in [1.807, 2.05) is 9.80 Å². The summed E-state index contributed by atoms with van der Waals surface area (Å²) in [6.07, 6.45) is 8.77. The van der Waals surface area contributed by atoms with Crippen molar-refractivity contribution >= 4 is 11.9 Å². The van der Waals surface area contributed by atoms with Crippen molar-refractivity contribution in [2.24, 2.45) is 0 Å². The summed E-state index contributed by atoms with van der Waals surface area (Å²) in [6.45, 7) is 3.18. The quantitative estimate of drug-likeness (QED) is 0.788. The molecular weight excluding hydrogens is 294 g/mol. The van der Waals surface area contributed by atoms with Crippen LogP contribution in [0.2, 0.25) is 0 Å². The van der Waals surface area contributed by atoms with Crippen LogP contribution in [-0.4, -0.2) is 66.7 Å². The van der Waals surface area contributed by atoms with Crippen molar-refractivity contribution in [3.8, 4) is 0 Å². The smallest absolute Gasteiger partial charge is 0.317 e. The molecule has 130 valence electrons. The Hall–Kier alpha value is -1.30. The van der Waals surface area contributed by atoms with E-state index in [0.717, 1.165) is 25.7 Å².